The number of unbranched alkanes of at least 4 members (excludes halogenated alkanes) is 1. The molecule has 0 aliphatic carbocycles. The van der Waals surface area contributed by atoms with Gasteiger partial charge in [0, 0.05) is 49.7 Å². The lowest BCUT2D eigenvalue weighted by Gasteiger charge is -2.40. The number of hydrogen-bond donors (Lipinski definition) is 0. The standard InChI is InChI=1S/C46H55N3O6.2ClH/c1-8-9-10-32-13-17-38(18-14-32)49(31-33-11-15-35(16-12-33)36-26-41(50-2)45(54-6)42(27-36)51-3)39-20-23-48(24-21-39)30-34-19-22-47-40(25-34)37-28-43(52-4)46(55-7)44(29-37)53-5;;/h11-19,22,25-29,39H,8-10,20-21,23-24,30-31H2,1-7H3;2*1H. The Morgan fingerprint density at radius 2 is 1.12 bits per heavy atom. The smallest absolute Gasteiger partial charge is 0.203 e. The quantitative estimate of drug-likeness (QED) is 0.0912. The lowest BCUT2D eigenvalue weighted by atomic mass is 9.98. The van der Waals surface area contributed by atoms with E-state index < -0.39 is 0 Å². The van der Waals surface area contributed by atoms with E-state index >= 15 is 0 Å². The first-order valence-electron chi connectivity index (χ1n) is 19.1. The summed E-state index contributed by atoms with van der Waals surface area (Å²) in [6.45, 7) is 5.96. The Bertz CT molecular complexity index is 1950. The number of methoxy groups -OCH3 is 6. The van der Waals surface area contributed by atoms with Crippen molar-refractivity contribution in [3.8, 4) is 56.9 Å². The molecular weight excluding hydrogens is 761 g/mol. The number of aryl methyl sites for hydroxylation is 1. The Hall–Kier alpha value is -4.83. The number of pyridine rings is 1. The molecule has 4 aromatic carbocycles. The summed E-state index contributed by atoms with van der Waals surface area (Å²) in [5, 5.41) is 0. The van der Waals surface area contributed by atoms with Crippen LogP contribution in [0.1, 0.15) is 49.3 Å². The van der Waals surface area contributed by atoms with Gasteiger partial charge in [-0.2, -0.15) is 0 Å². The third-order valence-electron chi connectivity index (χ3n) is 10.6. The number of piperidine rings is 1. The Kier molecular flexibility index (Phi) is 17.0. The molecule has 0 spiro atoms. The van der Waals surface area contributed by atoms with Gasteiger partial charge in [0.15, 0.2) is 23.0 Å². The zero-order valence-corrected chi connectivity index (χ0v) is 35.8. The summed E-state index contributed by atoms with van der Waals surface area (Å²) in [6.07, 6.45) is 7.57. The van der Waals surface area contributed by atoms with Crippen molar-refractivity contribution in [2.45, 2.75) is 58.2 Å². The molecule has 0 bridgehead atoms. The number of hydrogen-bond acceptors (Lipinski definition) is 9. The summed E-state index contributed by atoms with van der Waals surface area (Å²) in [4.78, 5) is 9.87. The molecule has 57 heavy (non-hydrogen) atoms. The van der Waals surface area contributed by atoms with Gasteiger partial charge in [-0.15, -0.1) is 24.8 Å². The van der Waals surface area contributed by atoms with Crippen LogP contribution >= 0.6 is 24.8 Å². The molecule has 0 unspecified atom stereocenters. The summed E-state index contributed by atoms with van der Waals surface area (Å²) in [5.41, 5.74) is 9.06. The zero-order chi connectivity index (χ0) is 38.7. The van der Waals surface area contributed by atoms with E-state index in [1.807, 2.05) is 30.5 Å². The summed E-state index contributed by atoms with van der Waals surface area (Å²) >= 11 is 0. The average Bonchev–Trinajstić information content (AvgIpc) is 3.24. The number of nitrogens with zero attached hydrogens (tertiary/aromatic N) is 3. The second kappa shape index (κ2) is 21.6. The van der Waals surface area contributed by atoms with E-state index in [9.17, 15) is 0 Å². The molecule has 6 rings (SSSR count). The fraction of sp³-hybridized carbons (Fsp3) is 0.370. The number of anilines is 1. The predicted molar refractivity (Wildman–Crippen MR) is 235 cm³/mol. The lowest BCUT2D eigenvalue weighted by molar-refractivity contribution is 0.201. The van der Waals surface area contributed by atoms with Gasteiger partial charge in [-0.05, 0) is 102 Å². The van der Waals surface area contributed by atoms with E-state index in [1.165, 1.54) is 35.2 Å². The van der Waals surface area contributed by atoms with Crippen molar-refractivity contribution in [3.63, 3.8) is 0 Å². The van der Waals surface area contributed by atoms with Crippen molar-refractivity contribution in [2.75, 3.05) is 60.6 Å². The molecule has 0 atom stereocenters. The highest BCUT2D eigenvalue weighted by Crippen LogP contribution is 2.42. The Morgan fingerprint density at radius 3 is 1.63 bits per heavy atom. The SMILES string of the molecule is CCCCc1ccc(N(Cc2ccc(-c3cc(OC)c(OC)c(OC)c3)cc2)C2CCN(Cc3ccnc(-c4cc(OC)c(OC)c(OC)c4)c3)CC2)cc1.Cl.Cl. The van der Waals surface area contributed by atoms with E-state index in [0.717, 1.165) is 67.8 Å². The molecule has 1 aromatic heterocycles. The first-order chi connectivity index (χ1) is 26.9. The van der Waals surface area contributed by atoms with E-state index in [0.29, 0.717) is 40.5 Å². The minimum absolute atomic E-state index is 0. The maximum Gasteiger partial charge on any atom is 0.203 e. The Morgan fingerprint density at radius 1 is 0.596 bits per heavy atom. The zero-order valence-electron chi connectivity index (χ0n) is 34.2. The molecule has 0 N–H and O–H groups in total. The summed E-state index contributed by atoms with van der Waals surface area (Å²) in [6, 6.07) is 30.7. The van der Waals surface area contributed by atoms with Crippen LogP contribution in [0.25, 0.3) is 22.4 Å². The lowest BCUT2D eigenvalue weighted by Crippen LogP contribution is -2.44. The number of likely N-dealkylation sites (tertiary alicyclic amines) is 1. The molecule has 0 saturated carbocycles. The fourth-order valence-electron chi connectivity index (χ4n) is 7.52. The van der Waals surface area contributed by atoms with Crippen molar-refractivity contribution in [1.82, 2.24) is 9.88 Å². The van der Waals surface area contributed by atoms with E-state index in [4.69, 9.17) is 33.4 Å². The molecule has 1 saturated heterocycles. The third-order valence-corrected chi connectivity index (χ3v) is 10.6. The van der Waals surface area contributed by atoms with Crippen LogP contribution in [0.4, 0.5) is 5.69 Å². The van der Waals surface area contributed by atoms with E-state index in [2.05, 4.69) is 77.4 Å². The maximum absolute atomic E-state index is 5.62. The van der Waals surface area contributed by atoms with E-state index in [1.54, 1.807) is 42.7 Å². The Balaban J connectivity index is 0.00000360. The average molecular weight is 819 g/mol. The molecule has 0 radical (unpaired) electrons. The number of rotatable bonds is 17. The fourth-order valence-corrected chi connectivity index (χ4v) is 7.52. The first kappa shape index (κ1) is 44.9. The maximum atomic E-state index is 5.62. The van der Waals surface area contributed by atoms with Crippen molar-refractivity contribution >= 4 is 30.5 Å². The highest BCUT2D eigenvalue weighted by atomic mass is 35.5. The monoisotopic (exact) mass is 817 g/mol. The van der Waals surface area contributed by atoms with Gasteiger partial charge >= 0.3 is 0 Å². The first-order valence-corrected chi connectivity index (χ1v) is 19.1. The van der Waals surface area contributed by atoms with E-state index in [-0.39, 0.29) is 24.8 Å². The number of aromatic nitrogens is 1. The van der Waals surface area contributed by atoms with Crippen LogP contribution < -0.4 is 33.3 Å². The van der Waals surface area contributed by atoms with Crippen LogP contribution in [0, 0.1) is 0 Å². The molecule has 0 amide bonds. The second-order valence-electron chi connectivity index (χ2n) is 14.0. The van der Waals surface area contributed by atoms with Crippen LogP contribution in [0.3, 0.4) is 0 Å². The second-order valence-corrected chi connectivity index (χ2v) is 14.0. The highest BCUT2D eigenvalue weighted by Gasteiger charge is 2.26. The number of halogens is 2. The minimum atomic E-state index is 0. The van der Waals surface area contributed by atoms with Gasteiger partial charge in [-0.3, -0.25) is 9.88 Å². The van der Waals surface area contributed by atoms with Gasteiger partial charge in [-0.25, -0.2) is 0 Å². The predicted octanol–water partition coefficient (Wildman–Crippen LogP) is 10.3. The van der Waals surface area contributed by atoms with Gasteiger partial charge in [0.25, 0.3) is 0 Å². The normalized spacial score (nSPS) is 12.8. The molecule has 11 heteroatoms. The summed E-state index contributed by atoms with van der Waals surface area (Å²) in [7, 11) is 9.80. The topological polar surface area (TPSA) is 74.8 Å². The van der Waals surface area contributed by atoms with Crippen LogP contribution in [-0.2, 0) is 19.5 Å². The highest BCUT2D eigenvalue weighted by molar-refractivity contribution is 5.85. The van der Waals surface area contributed by atoms with Gasteiger partial charge in [0.2, 0.25) is 11.5 Å². The summed E-state index contributed by atoms with van der Waals surface area (Å²) in [5.74, 6) is 3.67. The van der Waals surface area contributed by atoms with Crippen LogP contribution in [0.5, 0.6) is 34.5 Å². The molecule has 1 aliphatic rings. The molecule has 1 aliphatic heterocycles. The molecular formula is C46H57Cl2N3O6. The van der Waals surface area contributed by atoms with Crippen molar-refractivity contribution in [1.29, 1.82) is 0 Å². The third kappa shape index (κ3) is 10.8. The minimum Gasteiger partial charge on any atom is -0.493 e. The largest absolute Gasteiger partial charge is 0.493 e. The van der Waals surface area contributed by atoms with Gasteiger partial charge in [0.1, 0.15) is 0 Å². The molecule has 306 valence electrons. The Labute approximate surface area is 351 Å². The summed E-state index contributed by atoms with van der Waals surface area (Å²) < 4.78 is 33.5. The number of ether oxygens (including phenoxy) is 6. The van der Waals surface area contributed by atoms with Crippen molar-refractivity contribution in [3.05, 3.63) is 108 Å². The van der Waals surface area contributed by atoms with Crippen LogP contribution in [0.2, 0.25) is 0 Å². The molecule has 9 nitrogen and oxygen atoms in total. The van der Waals surface area contributed by atoms with Crippen molar-refractivity contribution in [2.24, 2.45) is 0 Å². The molecule has 1 fully saturated rings. The molecule has 5 aromatic rings. The van der Waals surface area contributed by atoms with Gasteiger partial charge < -0.3 is 33.3 Å². The van der Waals surface area contributed by atoms with Crippen LogP contribution in [-0.4, -0.2) is 71.7 Å². The van der Waals surface area contributed by atoms with Gasteiger partial charge in [-0.1, -0.05) is 49.7 Å². The van der Waals surface area contributed by atoms with Crippen molar-refractivity contribution < 1.29 is 28.4 Å². The van der Waals surface area contributed by atoms with Gasteiger partial charge in [0.05, 0.1) is 48.4 Å². The number of benzene rings is 4. The molecule has 2 heterocycles. The van der Waals surface area contributed by atoms with Crippen LogP contribution in [0.15, 0.2) is 91.1 Å².